The van der Waals surface area contributed by atoms with Gasteiger partial charge in [0.2, 0.25) is 11.8 Å². The summed E-state index contributed by atoms with van der Waals surface area (Å²) in [6.07, 6.45) is 1.88. The van der Waals surface area contributed by atoms with E-state index in [9.17, 15) is 9.59 Å². The first kappa shape index (κ1) is 13.6. The third-order valence-electron chi connectivity index (χ3n) is 3.96. The monoisotopic (exact) mass is 264 g/mol. The lowest BCUT2D eigenvalue weighted by Gasteiger charge is -2.21. The van der Waals surface area contributed by atoms with Gasteiger partial charge in [0.05, 0.1) is 5.69 Å². The van der Waals surface area contributed by atoms with Crippen LogP contribution in [0.15, 0.2) is 0 Å². The highest BCUT2D eigenvalue weighted by Crippen LogP contribution is 2.46. The van der Waals surface area contributed by atoms with Crippen LogP contribution in [0.5, 0.6) is 0 Å². The number of aromatic amines is 1. The fourth-order valence-corrected chi connectivity index (χ4v) is 2.38. The van der Waals surface area contributed by atoms with Crippen LogP contribution in [-0.2, 0) is 16.0 Å². The van der Waals surface area contributed by atoms with Crippen LogP contribution in [0.25, 0.3) is 0 Å². The highest BCUT2D eigenvalue weighted by molar-refractivity contribution is 6.07. The lowest BCUT2D eigenvalue weighted by atomic mass is 10.0. The molecular weight excluding hydrogens is 244 g/mol. The maximum absolute atomic E-state index is 12.2. The van der Waals surface area contributed by atoms with Crippen molar-refractivity contribution in [2.24, 2.45) is 11.1 Å². The van der Waals surface area contributed by atoms with Crippen LogP contribution in [0.2, 0.25) is 0 Å². The average Bonchev–Trinajstić information content (AvgIpc) is 3.11. The molecule has 2 amide bonds. The summed E-state index contributed by atoms with van der Waals surface area (Å²) in [5.41, 5.74) is 7.49. The third kappa shape index (κ3) is 2.34. The van der Waals surface area contributed by atoms with Gasteiger partial charge in [-0.3, -0.25) is 14.7 Å². The van der Waals surface area contributed by atoms with Gasteiger partial charge in [0, 0.05) is 19.3 Å². The van der Waals surface area contributed by atoms with Crippen LogP contribution in [0.3, 0.4) is 0 Å². The van der Waals surface area contributed by atoms with E-state index in [4.69, 9.17) is 5.73 Å². The molecule has 1 aromatic rings. The van der Waals surface area contributed by atoms with Gasteiger partial charge in [-0.15, -0.1) is 0 Å². The van der Waals surface area contributed by atoms with Gasteiger partial charge in [-0.1, -0.05) is 0 Å². The van der Waals surface area contributed by atoms with Crippen LogP contribution in [0.1, 0.15) is 29.8 Å². The van der Waals surface area contributed by atoms with Gasteiger partial charge in [-0.05, 0) is 38.7 Å². The Morgan fingerprint density at radius 2 is 2.05 bits per heavy atom. The number of hydrogen-bond acceptors (Lipinski definition) is 3. The highest BCUT2D eigenvalue weighted by atomic mass is 16.2. The Labute approximate surface area is 112 Å². The summed E-state index contributed by atoms with van der Waals surface area (Å²) in [5.74, 6) is -0.654. The second-order valence-corrected chi connectivity index (χ2v) is 5.34. The Hall–Kier alpha value is -1.85. The Balaban J connectivity index is 1.97. The normalized spacial score (nSPS) is 16.2. The van der Waals surface area contributed by atoms with E-state index in [0.29, 0.717) is 19.4 Å². The highest BCUT2D eigenvalue weighted by Gasteiger charge is 2.56. The lowest BCUT2D eigenvalue weighted by molar-refractivity contribution is -0.141. The number of primary amides is 1. The second-order valence-electron chi connectivity index (χ2n) is 5.34. The molecular formula is C13H20N4O2. The number of nitrogens with two attached hydrogens (primary N) is 1. The number of likely N-dealkylation sites (N-methyl/N-ethyl adjacent to an activating group) is 1. The predicted molar refractivity (Wildman–Crippen MR) is 70.3 cm³/mol. The first-order valence-corrected chi connectivity index (χ1v) is 6.44. The van der Waals surface area contributed by atoms with Gasteiger partial charge in [0.15, 0.2) is 0 Å². The summed E-state index contributed by atoms with van der Waals surface area (Å²) in [7, 11) is 1.72. The van der Waals surface area contributed by atoms with E-state index < -0.39 is 11.3 Å². The van der Waals surface area contributed by atoms with Crippen molar-refractivity contribution in [1.29, 1.82) is 0 Å². The zero-order chi connectivity index (χ0) is 14.2. The summed E-state index contributed by atoms with van der Waals surface area (Å²) in [6, 6.07) is 0. The molecule has 0 saturated heterocycles. The van der Waals surface area contributed by atoms with Crippen LogP contribution >= 0.6 is 0 Å². The minimum absolute atomic E-state index is 0.154. The fraction of sp³-hybridized carbons (Fsp3) is 0.615. The maximum atomic E-state index is 12.2. The van der Waals surface area contributed by atoms with Crippen LogP contribution in [-0.4, -0.2) is 40.5 Å². The molecule has 3 N–H and O–H groups in total. The number of H-pyrrole nitrogens is 1. The smallest absolute Gasteiger partial charge is 0.238 e. The number of carbonyl (C=O) groups excluding carboxylic acids is 2. The first-order valence-electron chi connectivity index (χ1n) is 6.44. The van der Waals surface area contributed by atoms with Crippen molar-refractivity contribution in [3.05, 3.63) is 17.0 Å². The molecule has 1 aromatic heterocycles. The molecule has 2 rings (SSSR count). The van der Waals surface area contributed by atoms with Gasteiger partial charge < -0.3 is 10.6 Å². The first-order chi connectivity index (χ1) is 8.88. The van der Waals surface area contributed by atoms with E-state index in [2.05, 4.69) is 10.2 Å². The van der Waals surface area contributed by atoms with E-state index in [1.54, 1.807) is 11.9 Å². The molecule has 0 bridgehead atoms. The Morgan fingerprint density at radius 3 is 2.47 bits per heavy atom. The van der Waals surface area contributed by atoms with Crippen molar-refractivity contribution in [3.8, 4) is 0 Å². The van der Waals surface area contributed by atoms with Crippen molar-refractivity contribution < 1.29 is 9.59 Å². The molecule has 1 aliphatic rings. The molecule has 6 heteroatoms. The summed E-state index contributed by atoms with van der Waals surface area (Å²) in [4.78, 5) is 25.1. The molecule has 0 aliphatic heterocycles. The van der Waals surface area contributed by atoms with Gasteiger partial charge in [0.1, 0.15) is 5.41 Å². The number of amides is 2. The molecule has 1 heterocycles. The molecule has 1 aliphatic carbocycles. The minimum atomic E-state index is -0.921. The third-order valence-corrected chi connectivity index (χ3v) is 3.96. The Bertz CT molecular complexity index is 497. The molecule has 0 atom stereocenters. The number of nitrogens with one attached hydrogen (secondary N) is 1. The minimum Gasteiger partial charge on any atom is -0.369 e. The standard InChI is InChI=1S/C13H20N4O2/c1-8-10(9(2)16-15-8)4-7-17(3)12(19)13(5-6-13)11(14)18/h4-7H2,1-3H3,(H2,14,18)(H,15,16). The Kier molecular flexibility index (Phi) is 3.34. The number of nitrogens with zero attached hydrogens (tertiary/aromatic N) is 2. The molecule has 0 aromatic carbocycles. The van der Waals surface area contributed by atoms with Crippen LogP contribution in [0, 0.1) is 19.3 Å². The van der Waals surface area contributed by atoms with Crippen molar-refractivity contribution >= 4 is 11.8 Å². The fourth-order valence-electron chi connectivity index (χ4n) is 2.38. The van der Waals surface area contributed by atoms with E-state index in [-0.39, 0.29) is 5.91 Å². The molecule has 0 radical (unpaired) electrons. The molecule has 0 unspecified atom stereocenters. The second kappa shape index (κ2) is 4.68. The number of aromatic nitrogens is 2. The zero-order valence-electron chi connectivity index (χ0n) is 11.6. The van der Waals surface area contributed by atoms with Gasteiger partial charge in [-0.25, -0.2) is 0 Å². The van der Waals surface area contributed by atoms with Crippen molar-refractivity contribution in [2.75, 3.05) is 13.6 Å². The topological polar surface area (TPSA) is 92.1 Å². The summed E-state index contributed by atoms with van der Waals surface area (Å²) in [6.45, 7) is 4.46. The SMILES string of the molecule is Cc1n[nH]c(C)c1CCN(C)C(=O)C1(C(N)=O)CC1. The lowest BCUT2D eigenvalue weighted by Crippen LogP contribution is -2.42. The van der Waals surface area contributed by atoms with Crippen LogP contribution in [0.4, 0.5) is 0 Å². The van der Waals surface area contributed by atoms with Crippen molar-refractivity contribution in [3.63, 3.8) is 0 Å². The number of carbonyl (C=O) groups is 2. The van der Waals surface area contributed by atoms with E-state index in [1.807, 2.05) is 13.8 Å². The zero-order valence-corrected chi connectivity index (χ0v) is 11.6. The van der Waals surface area contributed by atoms with Crippen molar-refractivity contribution in [1.82, 2.24) is 15.1 Å². The molecule has 6 nitrogen and oxygen atoms in total. The summed E-state index contributed by atoms with van der Waals surface area (Å²) in [5, 5.41) is 7.05. The quantitative estimate of drug-likeness (QED) is 0.749. The predicted octanol–water partition coefficient (Wildman–Crippen LogP) is 0.293. The van der Waals surface area contributed by atoms with Gasteiger partial charge in [-0.2, -0.15) is 5.10 Å². The van der Waals surface area contributed by atoms with E-state index in [0.717, 1.165) is 23.4 Å². The summed E-state index contributed by atoms with van der Waals surface area (Å²) < 4.78 is 0. The number of hydrogen-bond donors (Lipinski definition) is 2. The molecule has 1 fully saturated rings. The maximum Gasteiger partial charge on any atom is 0.238 e. The molecule has 19 heavy (non-hydrogen) atoms. The number of aryl methyl sites for hydroxylation is 2. The molecule has 104 valence electrons. The Morgan fingerprint density at radius 1 is 1.42 bits per heavy atom. The van der Waals surface area contributed by atoms with Gasteiger partial charge >= 0.3 is 0 Å². The largest absolute Gasteiger partial charge is 0.369 e. The van der Waals surface area contributed by atoms with E-state index in [1.165, 1.54) is 0 Å². The number of rotatable bonds is 5. The summed E-state index contributed by atoms with van der Waals surface area (Å²) >= 11 is 0. The van der Waals surface area contributed by atoms with Crippen LogP contribution < -0.4 is 5.73 Å². The molecule has 0 spiro atoms. The van der Waals surface area contributed by atoms with Crippen molar-refractivity contribution in [2.45, 2.75) is 33.1 Å². The van der Waals surface area contributed by atoms with Gasteiger partial charge in [0.25, 0.3) is 0 Å². The molecule has 1 saturated carbocycles. The van der Waals surface area contributed by atoms with E-state index >= 15 is 0 Å². The average molecular weight is 264 g/mol.